The standard InChI is InChI=1S/C11H10F3NO3/c12-11(13,14)9-7(10(16)17)4-5-3-6(15)1-2-8(5)18-9/h1-3,7,9H,4,15H2,(H,16,17)/t7-,9+/m1/s1. The number of rotatable bonds is 1. The highest BCUT2D eigenvalue weighted by molar-refractivity contribution is 5.72. The van der Waals surface area contributed by atoms with E-state index in [-0.39, 0.29) is 12.2 Å². The minimum Gasteiger partial charge on any atom is -0.481 e. The van der Waals surface area contributed by atoms with E-state index in [4.69, 9.17) is 15.6 Å². The molecule has 4 nitrogen and oxygen atoms in total. The second-order valence-electron chi connectivity index (χ2n) is 4.10. The van der Waals surface area contributed by atoms with Crippen molar-refractivity contribution < 1.29 is 27.8 Å². The molecule has 0 radical (unpaired) electrons. The molecule has 1 heterocycles. The van der Waals surface area contributed by atoms with E-state index in [1.165, 1.54) is 18.2 Å². The Hall–Kier alpha value is -1.92. The molecule has 0 bridgehead atoms. The Kier molecular flexibility index (Phi) is 2.84. The summed E-state index contributed by atoms with van der Waals surface area (Å²) in [5, 5.41) is 8.86. The van der Waals surface area contributed by atoms with Gasteiger partial charge in [-0.25, -0.2) is 0 Å². The van der Waals surface area contributed by atoms with Crippen LogP contribution >= 0.6 is 0 Å². The number of fused-ring (bicyclic) bond motifs is 1. The number of nitrogen functional groups attached to an aromatic ring is 1. The fourth-order valence-electron chi connectivity index (χ4n) is 1.95. The summed E-state index contributed by atoms with van der Waals surface area (Å²) in [6, 6.07) is 4.16. The Morgan fingerprint density at radius 2 is 2.11 bits per heavy atom. The van der Waals surface area contributed by atoms with Crippen molar-refractivity contribution in [2.24, 2.45) is 5.92 Å². The Morgan fingerprint density at radius 3 is 2.67 bits per heavy atom. The predicted octanol–water partition coefficient (Wildman–Crippen LogP) is 1.84. The van der Waals surface area contributed by atoms with E-state index >= 15 is 0 Å². The lowest BCUT2D eigenvalue weighted by Crippen LogP contribution is -2.47. The number of ether oxygens (including phenoxy) is 1. The van der Waals surface area contributed by atoms with Crippen LogP contribution in [0.15, 0.2) is 18.2 Å². The molecule has 1 aromatic rings. The van der Waals surface area contributed by atoms with Crippen LogP contribution in [-0.4, -0.2) is 23.4 Å². The third kappa shape index (κ3) is 2.20. The fourth-order valence-corrected chi connectivity index (χ4v) is 1.95. The Bertz CT molecular complexity index is 487. The molecule has 18 heavy (non-hydrogen) atoms. The molecule has 98 valence electrons. The zero-order chi connectivity index (χ0) is 13.5. The first-order valence-electron chi connectivity index (χ1n) is 5.13. The molecular weight excluding hydrogens is 251 g/mol. The minimum absolute atomic E-state index is 0.0315. The van der Waals surface area contributed by atoms with Gasteiger partial charge in [0.15, 0.2) is 0 Å². The first-order chi connectivity index (χ1) is 8.29. The van der Waals surface area contributed by atoms with E-state index in [9.17, 15) is 18.0 Å². The van der Waals surface area contributed by atoms with E-state index in [0.717, 1.165) is 0 Å². The van der Waals surface area contributed by atoms with Gasteiger partial charge < -0.3 is 15.6 Å². The van der Waals surface area contributed by atoms with E-state index < -0.39 is 24.2 Å². The van der Waals surface area contributed by atoms with Crippen LogP contribution < -0.4 is 10.5 Å². The molecule has 0 saturated heterocycles. The first kappa shape index (κ1) is 12.5. The summed E-state index contributed by atoms with van der Waals surface area (Å²) in [5.74, 6) is -3.16. The van der Waals surface area contributed by atoms with Gasteiger partial charge in [-0.3, -0.25) is 4.79 Å². The maximum absolute atomic E-state index is 12.7. The summed E-state index contributed by atoms with van der Waals surface area (Å²) in [4.78, 5) is 10.9. The molecular formula is C11H10F3NO3. The monoisotopic (exact) mass is 261 g/mol. The number of hydrogen-bond acceptors (Lipinski definition) is 3. The SMILES string of the molecule is Nc1ccc2c(c1)C[C@@H](C(=O)O)[C@@H](C(F)(F)F)O2. The first-order valence-corrected chi connectivity index (χ1v) is 5.13. The second-order valence-corrected chi connectivity index (χ2v) is 4.10. The molecule has 3 N–H and O–H groups in total. The number of carbonyl (C=O) groups is 1. The normalized spacial score (nSPS) is 23.1. The van der Waals surface area contributed by atoms with E-state index in [2.05, 4.69) is 0 Å². The lowest BCUT2D eigenvalue weighted by atomic mass is 9.90. The number of carboxylic acids is 1. The number of alkyl halides is 3. The topological polar surface area (TPSA) is 72.6 Å². The molecule has 1 aliphatic heterocycles. The van der Waals surface area contributed by atoms with Crippen LogP contribution in [0.4, 0.5) is 18.9 Å². The number of benzene rings is 1. The Labute approximate surface area is 100 Å². The van der Waals surface area contributed by atoms with Gasteiger partial charge in [0.1, 0.15) is 11.7 Å². The lowest BCUT2D eigenvalue weighted by Gasteiger charge is -2.32. The minimum atomic E-state index is -4.72. The van der Waals surface area contributed by atoms with Gasteiger partial charge in [-0.05, 0) is 30.2 Å². The smallest absolute Gasteiger partial charge is 0.426 e. The fraction of sp³-hybridized carbons (Fsp3) is 0.364. The van der Waals surface area contributed by atoms with Crippen LogP contribution in [0.3, 0.4) is 0 Å². The number of nitrogens with two attached hydrogens (primary N) is 1. The maximum atomic E-state index is 12.7. The second kappa shape index (κ2) is 4.08. The average Bonchev–Trinajstić information content (AvgIpc) is 2.25. The van der Waals surface area contributed by atoms with Crippen LogP contribution in [0.2, 0.25) is 0 Å². The number of aliphatic carboxylic acids is 1. The van der Waals surface area contributed by atoms with Gasteiger partial charge >= 0.3 is 12.1 Å². The van der Waals surface area contributed by atoms with Crippen molar-refractivity contribution in [3.8, 4) is 5.75 Å². The number of hydrogen-bond donors (Lipinski definition) is 2. The van der Waals surface area contributed by atoms with E-state index in [1.54, 1.807) is 0 Å². The maximum Gasteiger partial charge on any atom is 0.426 e. The zero-order valence-corrected chi connectivity index (χ0v) is 9.07. The third-order valence-electron chi connectivity index (χ3n) is 2.78. The highest BCUT2D eigenvalue weighted by Crippen LogP contribution is 2.38. The number of halogens is 3. The van der Waals surface area contributed by atoms with Crippen LogP contribution in [-0.2, 0) is 11.2 Å². The van der Waals surface area contributed by atoms with Crippen LogP contribution in [0.25, 0.3) is 0 Å². The van der Waals surface area contributed by atoms with Gasteiger partial charge in [-0.15, -0.1) is 0 Å². The van der Waals surface area contributed by atoms with Crippen molar-refractivity contribution in [3.63, 3.8) is 0 Å². The summed E-state index contributed by atoms with van der Waals surface area (Å²) in [7, 11) is 0. The lowest BCUT2D eigenvalue weighted by molar-refractivity contribution is -0.217. The van der Waals surface area contributed by atoms with Crippen molar-refractivity contribution in [2.45, 2.75) is 18.7 Å². The molecule has 0 amide bonds. The van der Waals surface area contributed by atoms with E-state index in [1.807, 2.05) is 0 Å². The van der Waals surface area contributed by atoms with Gasteiger partial charge in [0.25, 0.3) is 0 Å². The van der Waals surface area contributed by atoms with Gasteiger partial charge in [0.2, 0.25) is 6.10 Å². The van der Waals surface area contributed by atoms with Crippen molar-refractivity contribution in [2.75, 3.05) is 5.73 Å². The summed E-state index contributed by atoms with van der Waals surface area (Å²) in [6.07, 6.45) is -7.30. The third-order valence-corrected chi connectivity index (χ3v) is 2.78. The zero-order valence-electron chi connectivity index (χ0n) is 9.07. The molecule has 2 atom stereocenters. The predicted molar refractivity (Wildman–Crippen MR) is 56.2 cm³/mol. The molecule has 0 aromatic heterocycles. The van der Waals surface area contributed by atoms with Gasteiger partial charge in [-0.2, -0.15) is 13.2 Å². The molecule has 1 aromatic carbocycles. The van der Waals surface area contributed by atoms with Crippen LogP contribution in [0.5, 0.6) is 5.75 Å². The molecule has 1 aliphatic rings. The summed E-state index contributed by atoms with van der Waals surface area (Å²) >= 11 is 0. The average molecular weight is 261 g/mol. The largest absolute Gasteiger partial charge is 0.481 e. The van der Waals surface area contributed by atoms with E-state index in [0.29, 0.717) is 11.3 Å². The molecule has 7 heteroatoms. The summed E-state index contributed by atoms with van der Waals surface area (Å²) in [5.41, 5.74) is 6.23. The van der Waals surface area contributed by atoms with Crippen LogP contribution in [0, 0.1) is 5.92 Å². The van der Waals surface area contributed by atoms with Gasteiger partial charge in [0, 0.05) is 5.69 Å². The highest BCUT2D eigenvalue weighted by Gasteiger charge is 2.52. The molecule has 2 rings (SSSR count). The van der Waals surface area contributed by atoms with Crippen molar-refractivity contribution in [3.05, 3.63) is 23.8 Å². The molecule has 0 aliphatic carbocycles. The molecule has 0 saturated carbocycles. The molecule has 0 fully saturated rings. The van der Waals surface area contributed by atoms with Crippen molar-refractivity contribution in [1.82, 2.24) is 0 Å². The number of carboxylic acid groups (broad SMARTS) is 1. The summed E-state index contributed by atoms with van der Waals surface area (Å²) < 4.78 is 42.9. The summed E-state index contributed by atoms with van der Waals surface area (Å²) in [6.45, 7) is 0. The van der Waals surface area contributed by atoms with Gasteiger partial charge in [-0.1, -0.05) is 0 Å². The van der Waals surface area contributed by atoms with Crippen LogP contribution in [0.1, 0.15) is 5.56 Å². The molecule has 0 unspecified atom stereocenters. The van der Waals surface area contributed by atoms with Gasteiger partial charge in [0.05, 0.1) is 0 Å². The highest BCUT2D eigenvalue weighted by atomic mass is 19.4. The quantitative estimate of drug-likeness (QED) is 0.756. The van der Waals surface area contributed by atoms with Crippen molar-refractivity contribution in [1.29, 1.82) is 0 Å². The Balaban J connectivity index is 2.40. The number of anilines is 1. The van der Waals surface area contributed by atoms with Crippen molar-refractivity contribution >= 4 is 11.7 Å². The molecule has 0 spiro atoms. The Morgan fingerprint density at radius 1 is 1.44 bits per heavy atom.